The van der Waals surface area contributed by atoms with E-state index >= 15 is 0 Å². The third-order valence-corrected chi connectivity index (χ3v) is 9.45. The molecule has 9 nitrogen and oxygen atoms in total. The molecule has 214 valence electrons. The second kappa shape index (κ2) is 11.6. The Kier molecular flexibility index (Phi) is 7.96. The van der Waals surface area contributed by atoms with Gasteiger partial charge in [0.2, 0.25) is 15.7 Å². The molecule has 0 fully saturated rings. The Morgan fingerprint density at radius 2 is 1.88 bits per heavy atom. The van der Waals surface area contributed by atoms with Crippen LogP contribution >= 0.6 is 0 Å². The minimum absolute atomic E-state index is 0.190. The van der Waals surface area contributed by atoms with Gasteiger partial charge in [-0.05, 0) is 71.8 Å². The van der Waals surface area contributed by atoms with Gasteiger partial charge in [0.15, 0.2) is 4.90 Å². The summed E-state index contributed by atoms with van der Waals surface area (Å²) in [5, 5.41) is 22.9. The van der Waals surface area contributed by atoms with Crippen LogP contribution in [0.15, 0.2) is 81.3 Å². The van der Waals surface area contributed by atoms with E-state index in [1.807, 2.05) is 13.0 Å². The van der Waals surface area contributed by atoms with Crippen LogP contribution in [0.3, 0.4) is 0 Å². The largest absolute Gasteiger partial charge is 0.492 e. The van der Waals surface area contributed by atoms with Gasteiger partial charge in [-0.25, -0.2) is 8.42 Å². The molecule has 1 aromatic heterocycles. The minimum atomic E-state index is -4.49. The molecule has 0 radical (unpaired) electrons. The molecule has 0 aliphatic heterocycles. The van der Waals surface area contributed by atoms with Crippen LogP contribution in [-0.2, 0) is 22.7 Å². The van der Waals surface area contributed by atoms with Crippen molar-refractivity contribution in [2.45, 2.75) is 54.9 Å². The summed E-state index contributed by atoms with van der Waals surface area (Å²) in [7, 11) is -2.96. The van der Waals surface area contributed by atoms with Gasteiger partial charge in [0, 0.05) is 19.0 Å². The third kappa shape index (κ3) is 5.08. The number of amides is 1. The van der Waals surface area contributed by atoms with Crippen LogP contribution in [0.4, 0.5) is 0 Å². The Morgan fingerprint density at radius 3 is 2.57 bits per heavy atom. The van der Waals surface area contributed by atoms with Gasteiger partial charge < -0.3 is 10.4 Å². The van der Waals surface area contributed by atoms with E-state index in [1.54, 1.807) is 48.5 Å². The molecule has 1 aliphatic carbocycles. The van der Waals surface area contributed by atoms with Gasteiger partial charge in [-0.1, -0.05) is 49.7 Å². The molecule has 0 saturated heterocycles. The van der Waals surface area contributed by atoms with E-state index in [2.05, 4.69) is 16.4 Å². The number of nitriles is 1. The first-order valence-electron chi connectivity index (χ1n) is 13.7. The number of benzene rings is 3. The second-order valence-electron chi connectivity index (χ2n) is 10.2. The molecule has 10 heteroatoms. The fourth-order valence-corrected chi connectivity index (χ4v) is 6.88. The highest BCUT2D eigenvalue weighted by Crippen LogP contribution is 2.36. The Balaban J connectivity index is 1.62. The quantitative estimate of drug-likeness (QED) is 0.310. The number of carbonyl (C=O) groups is 1. The molecule has 42 heavy (non-hydrogen) atoms. The molecule has 1 atom stereocenters. The summed E-state index contributed by atoms with van der Waals surface area (Å²) in [6.45, 7) is 1.99. The van der Waals surface area contributed by atoms with Crippen molar-refractivity contribution < 1.29 is 18.3 Å². The Labute approximate surface area is 244 Å². The van der Waals surface area contributed by atoms with E-state index in [9.17, 15) is 28.4 Å². The lowest BCUT2D eigenvalue weighted by Gasteiger charge is -2.21. The van der Waals surface area contributed by atoms with Gasteiger partial charge in [0.05, 0.1) is 22.6 Å². The Bertz CT molecular complexity index is 1890. The lowest BCUT2D eigenvalue weighted by atomic mass is 9.99. The van der Waals surface area contributed by atoms with Gasteiger partial charge in [-0.15, -0.1) is 0 Å². The predicted octanol–water partition coefficient (Wildman–Crippen LogP) is 4.56. The topological polar surface area (TPSA) is 142 Å². The van der Waals surface area contributed by atoms with Gasteiger partial charge in [-0.2, -0.15) is 10.2 Å². The number of unbranched alkanes of at least 4 members (excludes halogenated alkanes) is 1. The second-order valence-corrected chi connectivity index (χ2v) is 12.1. The number of hydrogen-bond acceptors (Lipinski definition) is 7. The molecule has 1 aliphatic rings. The van der Waals surface area contributed by atoms with Crippen molar-refractivity contribution in [1.82, 2.24) is 14.9 Å². The Morgan fingerprint density at radius 1 is 1.14 bits per heavy atom. The van der Waals surface area contributed by atoms with Crippen LogP contribution in [-0.4, -0.2) is 36.0 Å². The zero-order valence-corrected chi connectivity index (χ0v) is 24.1. The number of nitrogens with one attached hydrogen (secondary N) is 1. The summed E-state index contributed by atoms with van der Waals surface area (Å²) in [5.41, 5.74) is 3.02. The summed E-state index contributed by atoms with van der Waals surface area (Å²) in [4.78, 5) is 29.7. The molecule has 3 aromatic carbocycles. The van der Waals surface area contributed by atoms with Crippen LogP contribution in [0, 0.1) is 11.3 Å². The number of rotatable bonds is 8. The summed E-state index contributed by atoms with van der Waals surface area (Å²) in [6.07, 6.45) is 3.07. The van der Waals surface area contributed by atoms with E-state index < -0.39 is 32.2 Å². The van der Waals surface area contributed by atoms with Crippen molar-refractivity contribution in [2.24, 2.45) is 0 Å². The number of aryl methyl sites for hydroxylation is 2. The molecular formula is C32H30N4O5S. The van der Waals surface area contributed by atoms with E-state index in [0.717, 1.165) is 17.5 Å². The maximum atomic E-state index is 14.1. The van der Waals surface area contributed by atoms with Crippen molar-refractivity contribution >= 4 is 15.7 Å². The molecule has 1 heterocycles. The van der Waals surface area contributed by atoms with Crippen LogP contribution < -0.4 is 10.9 Å². The summed E-state index contributed by atoms with van der Waals surface area (Å²) in [5.74, 6) is -0.808. The summed E-state index contributed by atoms with van der Waals surface area (Å²) < 4.78 is 29.1. The first kappa shape index (κ1) is 28.8. The van der Waals surface area contributed by atoms with Crippen LogP contribution in [0.2, 0.25) is 0 Å². The summed E-state index contributed by atoms with van der Waals surface area (Å²) in [6, 6.07) is 19.7. The third-order valence-electron chi connectivity index (χ3n) is 7.66. The van der Waals surface area contributed by atoms with Gasteiger partial charge in [0.1, 0.15) is 5.82 Å². The van der Waals surface area contributed by atoms with E-state index in [-0.39, 0.29) is 10.8 Å². The lowest BCUT2D eigenvalue weighted by Crippen LogP contribution is -2.33. The van der Waals surface area contributed by atoms with E-state index in [1.165, 1.54) is 23.7 Å². The van der Waals surface area contributed by atoms with Crippen LogP contribution in [0.1, 0.15) is 65.1 Å². The molecule has 0 saturated carbocycles. The number of nitrogens with zero attached hydrogens (tertiary/aromatic N) is 3. The average molecular weight is 583 g/mol. The molecular weight excluding hydrogens is 552 g/mol. The van der Waals surface area contributed by atoms with Crippen LogP contribution in [0.5, 0.6) is 5.88 Å². The lowest BCUT2D eigenvalue weighted by molar-refractivity contribution is 0.0963. The first-order chi connectivity index (χ1) is 20.2. The highest BCUT2D eigenvalue weighted by molar-refractivity contribution is 7.91. The molecule has 1 amide bonds. The first-order valence-corrected chi connectivity index (χ1v) is 15.2. The monoisotopic (exact) mass is 582 g/mol. The minimum Gasteiger partial charge on any atom is -0.492 e. The normalized spacial score (nSPS) is 14.3. The standard InChI is InChI=1S/C32H30N4O5S/c1-3-4-9-28-35-31(38)29(32(39)36(28)27-17-14-22-11-10-20(19-33)18-26(22)27)42(40,41)23-15-12-21(13-16-23)24-7-5-6-8-25(24)30(37)34-2/h5-8,10-13,15-16,18,27,38H,3-4,9,14,17H2,1-2H3,(H,34,37). The van der Waals surface area contributed by atoms with Gasteiger partial charge >= 0.3 is 0 Å². The molecule has 4 aromatic rings. The fourth-order valence-electron chi connectivity index (χ4n) is 5.53. The number of sulfone groups is 1. The SMILES string of the molecule is CCCCc1nc(O)c(S(=O)(=O)c2ccc(-c3ccccc3C(=O)NC)cc2)c(=O)n1C1CCc2ccc(C#N)cc21. The zero-order chi connectivity index (χ0) is 30.0. The average Bonchev–Trinajstić information content (AvgIpc) is 3.42. The van der Waals surface area contributed by atoms with Gasteiger partial charge in [-0.3, -0.25) is 14.2 Å². The van der Waals surface area contributed by atoms with Crippen molar-refractivity contribution in [1.29, 1.82) is 5.26 Å². The number of aromatic nitrogens is 2. The van der Waals surface area contributed by atoms with Crippen LogP contribution in [0.25, 0.3) is 11.1 Å². The summed E-state index contributed by atoms with van der Waals surface area (Å²) >= 11 is 0. The molecule has 0 bridgehead atoms. The molecule has 0 spiro atoms. The number of fused-ring (bicyclic) bond motifs is 1. The number of aromatic hydroxyl groups is 1. The van der Waals surface area contributed by atoms with Crippen molar-refractivity contribution in [3.8, 4) is 23.1 Å². The van der Waals surface area contributed by atoms with E-state index in [4.69, 9.17) is 0 Å². The maximum Gasteiger partial charge on any atom is 0.277 e. The maximum absolute atomic E-state index is 14.1. The molecule has 5 rings (SSSR count). The Hall–Kier alpha value is -4.75. The molecule has 1 unspecified atom stereocenters. The zero-order valence-electron chi connectivity index (χ0n) is 23.3. The highest BCUT2D eigenvalue weighted by atomic mass is 32.2. The predicted molar refractivity (Wildman–Crippen MR) is 157 cm³/mol. The van der Waals surface area contributed by atoms with Crippen molar-refractivity contribution in [2.75, 3.05) is 7.05 Å². The number of hydrogen-bond donors (Lipinski definition) is 2. The highest BCUT2D eigenvalue weighted by Gasteiger charge is 2.34. The van der Waals surface area contributed by atoms with Crippen molar-refractivity contribution in [3.05, 3.63) is 105 Å². The van der Waals surface area contributed by atoms with Crippen molar-refractivity contribution in [3.63, 3.8) is 0 Å². The number of carbonyl (C=O) groups excluding carboxylic acids is 1. The molecule has 2 N–H and O–H groups in total. The van der Waals surface area contributed by atoms with Gasteiger partial charge in [0.25, 0.3) is 11.5 Å². The smallest absolute Gasteiger partial charge is 0.277 e. The van der Waals surface area contributed by atoms with E-state index in [0.29, 0.717) is 53.8 Å². The fraction of sp³-hybridized carbons (Fsp3) is 0.250.